The molecule has 0 spiro atoms. The first kappa shape index (κ1) is 20.6. The van der Waals surface area contributed by atoms with Crippen LogP contribution in [-0.4, -0.2) is 34.3 Å². The van der Waals surface area contributed by atoms with E-state index in [9.17, 15) is 16.8 Å². The van der Waals surface area contributed by atoms with Crippen LogP contribution in [0, 0.1) is 0 Å². The monoisotopic (exact) mass is 460 g/mol. The number of ether oxygens (including phenoxy) is 1. The van der Waals surface area contributed by atoms with Crippen LogP contribution in [0.25, 0.3) is 11.0 Å². The van der Waals surface area contributed by atoms with Crippen LogP contribution >= 0.6 is 0 Å². The number of nitrogens with zero attached hydrogens (tertiary/aromatic N) is 2. The third-order valence-corrected chi connectivity index (χ3v) is 7.11. The first-order valence-electron chi connectivity index (χ1n) is 8.79. The Morgan fingerprint density at radius 2 is 1.39 bits per heavy atom. The Bertz CT molecular complexity index is 1430. The third kappa shape index (κ3) is 4.29. The van der Waals surface area contributed by atoms with Crippen molar-refractivity contribution >= 4 is 42.5 Å². The third-order valence-electron chi connectivity index (χ3n) is 4.30. The van der Waals surface area contributed by atoms with Gasteiger partial charge in [0.2, 0.25) is 0 Å². The van der Waals surface area contributed by atoms with Crippen molar-refractivity contribution in [3.8, 4) is 5.75 Å². The van der Waals surface area contributed by atoms with Gasteiger partial charge in [0.15, 0.2) is 5.52 Å². The molecule has 4 aromatic rings. The number of benzene rings is 3. The number of hydrogen-bond acceptors (Lipinski definition) is 8. The maximum absolute atomic E-state index is 12.7. The van der Waals surface area contributed by atoms with E-state index in [-0.39, 0.29) is 21.0 Å². The predicted molar refractivity (Wildman–Crippen MR) is 113 cm³/mol. The lowest BCUT2D eigenvalue weighted by molar-refractivity contribution is 0.315. The fourth-order valence-electron chi connectivity index (χ4n) is 2.78. The molecule has 0 saturated carbocycles. The van der Waals surface area contributed by atoms with Crippen molar-refractivity contribution in [1.29, 1.82) is 0 Å². The summed E-state index contributed by atoms with van der Waals surface area (Å²) in [6, 6.07) is 16.1. The summed E-state index contributed by atoms with van der Waals surface area (Å²) < 4.78 is 65.1. The van der Waals surface area contributed by atoms with Gasteiger partial charge in [-0.1, -0.05) is 6.07 Å². The fraction of sp³-hybridized carbons (Fsp3) is 0.0526. The van der Waals surface area contributed by atoms with Gasteiger partial charge in [-0.15, -0.1) is 0 Å². The molecular weight excluding hydrogens is 444 g/mol. The van der Waals surface area contributed by atoms with Crippen molar-refractivity contribution in [2.24, 2.45) is 0 Å². The van der Waals surface area contributed by atoms with E-state index in [1.165, 1.54) is 43.5 Å². The lowest BCUT2D eigenvalue weighted by atomic mass is 10.3. The minimum absolute atomic E-state index is 0.0333. The Balaban J connectivity index is 1.54. The molecule has 0 saturated heterocycles. The number of sulfonamides is 2. The zero-order valence-corrected chi connectivity index (χ0v) is 17.6. The van der Waals surface area contributed by atoms with Crippen LogP contribution in [0.3, 0.4) is 0 Å². The van der Waals surface area contributed by atoms with E-state index in [1.807, 2.05) is 0 Å². The number of hydrogen-bond donors (Lipinski definition) is 2. The summed E-state index contributed by atoms with van der Waals surface area (Å²) >= 11 is 0. The lowest BCUT2D eigenvalue weighted by Crippen LogP contribution is -2.15. The van der Waals surface area contributed by atoms with Crippen molar-refractivity contribution in [2.75, 3.05) is 16.6 Å². The second-order valence-corrected chi connectivity index (χ2v) is 9.69. The molecule has 0 amide bonds. The van der Waals surface area contributed by atoms with Gasteiger partial charge in [-0.05, 0) is 71.0 Å². The maximum Gasteiger partial charge on any atom is 0.264 e. The number of aromatic nitrogens is 2. The highest BCUT2D eigenvalue weighted by molar-refractivity contribution is 7.93. The van der Waals surface area contributed by atoms with Crippen LogP contribution in [0.1, 0.15) is 0 Å². The Kier molecular flexibility index (Phi) is 5.25. The van der Waals surface area contributed by atoms with Gasteiger partial charge in [0.25, 0.3) is 20.0 Å². The first-order valence-corrected chi connectivity index (χ1v) is 11.8. The Morgan fingerprint density at radius 1 is 0.774 bits per heavy atom. The topological polar surface area (TPSA) is 140 Å². The second-order valence-electron chi connectivity index (χ2n) is 6.35. The summed E-state index contributed by atoms with van der Waals surface area (Å²) in [5.74, 6) is 0.594. The van der Waals surface area contributed by atoms with Crippen molar-refractivity contribution in [2.45, 2.75) is 9.79 Å². The molecule has 0 unspecified atom stereocenters. The number of rotatable bonds is 7. The van der Waals surface area contributed by atoms with Crippen molar-refractivity contribution in [1.82, 2.24) is 10.3 Å². The Morgan fingerprint density at radius 3 is 2.03 bits per heavy atom. The van der Waals surface area contributed by atoms with Gasteiger partial charge in [0.1, 0.15) is 16.2 Å². The smallest absolute Gasteiger partial charge is 0.264 e. The first-order chi connectivity index (χ1) is 14.8. The van der Waals surface area contributed by atoms with E-state index >= 15 is 0 Å². The number of anilines is 2. The molecule has 12 heteroatoms. The molecule has 0 atom stereocenters. The highest BCUT2D eigenvalue weighted by Gasteiger charge is 2.21. The quantitative estimate of drug-likeness (QED) is 0.429. The van der Waals surface area contributed by atoms with Crippen LogP contribution in [0.4, 0.5) is 11.4 Å². The highest BCUT2D eigenvalue weighted by atomic mass is 32.2. The van der Waals surface area contributed by atoms with Gasteiger partial charge in [0.05, 0.1) is 12.0 Å². The summed E-state index contributed by atoms with van der Waals surface area (Å²) in [5, 5.41) is 7.25. The van der Waals surface area contributed by atoms with E-state index in [4.69, 9.17) is 4.74 Å². The maximum atomic E-state index is 12.7. The standard InChI is InChI=1S/C19H16N4O6S2/c1-28-15-9-5-13(6-10-15)22-30(24,25)16-11-7-14(8-12-16)23-31(26,27)18-4-2-3-17-19(18)21-29-20-17/h2-12,22-23H,1H3. The molecule has 4 rings (SSSR count). The predicted octanol–water partition coefficient (Wildman–Crippen LogP) is 2.83. The van der Waals surface area contributed by atoms with E-state index in [2.05, 4.69) is 24.4 Å². The minimum atomic E-state index is -4.00. The van der Waals surface area contributed by atoms with Crippen molar-refractivity contribution < 1.29 is 26.2 Å². The van der Waals surface area contributed by atoms with Crippen LogP contribution in [0.2, 0.25) is 0 Å². The van der Waals surface area contributed by atoms with Crippen LogP contribution in [0.15, 0.2) is 81.2 Å². The molecular formula is C19H16N4O6S2. The lowest BCUT2D eigenvalue weighted by Gasteiger charge is -2.11. The fourth-order valence-corrected chi connectivity index (χ4v) is 5.05. The average Bonchev–Trinajstić information content (AvgIpc) is 3.23. The number of nitrogens with one attached hydrogen (secondary N) is 2. The summed E-state index contributed by atoms with van der Waals surface area (Å²) in [5.41, 5.74) is 0.934. The molecule has 0 aliphatic rings. The summed E-state index contributed by atoms with van der Waals surface area (Å²) in [7, 11) is -6.36. The SMILES string of the molecule is COc1ccc(NS(=O)(=O)c2ccc(NS(=O)(=O)c3cccc4nonc34)cc2)cc1. The van der Waals surface area contributed by atoms with E-state index < -0.39 is 20.0 Å². The Labute approximate surface area is 177 Å². The summed E-state index contributed by atoms with van der Waals surface area (Å²) in [4.78, 5) is -0.141. The zero-order chi connectivity index (χ0) is 22.1. The van der Waals surface area contributed by atoms with Gasteiger partial charge < -0.3 is 4.74 Å². The molecule has 0 bridgehead atoms. The summed E-state index contributed by atoms with van der Waals surface area (Å²) in [6.07, 6.45) is 0. The molecule has 1 aromatic heterocycles. The molecule has 0 aliphatic carbocycles. The average molecular weight is 460 g/mol. The molecule has 0 aliphatic heterocycles. The van der Waals surface area contributed by atoms with E-state index in [0.29, 0.717) is 17.0 Å². The van der Waals surface area contributed by atoms with Gasteiger partial charge in [-0.25, -0.2) is 21.5 Å². The molecule has 31 heavy (non-hydrogen) atoms. The highest BCUT2D eigenvalue weighted by Crippen LogP contribution is 2.24. The molecule has 1 heterocycles. The number of fused-ring (bicyclic) bond motifs is 1. The largest absolute Gasteiger partial charge is 0.497 e. The van der Waals surface area contributed by atoms with Gasteiger partial charge in [0, 0.05) is 11.4 Å². The van der Waals surface area contributed by atoms with E-state index in [1.54, 1.807) is 30.3 Å². The second kappa shape index (κ2) is 7.89. The van der Waals surface area contributed by atoms with Gasteiger partial charge in [-0.3, -0.25) is 9.44 Å². The van der Waals surface area contributed by atoms with Crippen molar-refractivity contribution in [3.05, 3.63) is 66.7 Å². The molecule has 3 aromatic carbocycles. The molecule has 160 valence electrons. The van der Waals surface area contributed by atoms with Crippen LogP contribution in [-0.2, 0) is 20.0 Å². The summed E-state index contributed by atoms with van der Waals surface area (Å²) in [6.45, 7) is 0. The van der Waals surface area contributed by atoms with Crippen LogP contribution < -0.4 is 14.2 Å². The van der Waals surface area contributed by atoms with E-state index in [0.717, 1.165) is 0 Å². The number of methoxy groups -OCH3 is 1. The van der Waals surface area contributed by atoms with Crippen molar-refractivity contribution in [3.63, 3.8) is 0 Å². The van der Waals surface area contributed by atoms with Gasteiger partial charge in [-0.2, -0.15) is 0 Å². The normalized spacial score (nSPS) is 11.9. The van der Waals surface area contributed by atoms with Crippen LogP contribution in [0.5, 0.6) is 5.75 Å². The molecule has 0 radical (unpaired) electrons. The molecule has 0 fully saturated rings. The molecule has 2 N–H and O–H groups in total. The minimum Gasteiger partial charge on any atom is -0.497 e. The molecule has 10 nitrogen and oxygen atoms in total. The van der Waals surface area contributed by atoms with Gasteiger partial charge >= 0.3 is 0 Å². The zero-order valence-electron chi connectivity index (χ0n) is 16.0. The Hall–Kier alpha value is -3.64.